The van der Waals surface area contributed by atoms with Gasteiger partial charge in [-0.05, 0) is 23.3 Å². The van der Waals surface area contributed by atoms with Gasteiger partial charge in [0.1, 0.15) is 6.29 Å². The number of carbonyl (C=O) groups excluding carboxylic acids is 2. The first-order valence-electron chi connectivity index (χ1n) is 5.78. The Morgan fingerprint density at radius 1 is 1.12 bits per heavy atom. The molecule has 0 bridgehead atoms. The van der Waals surface area contributed by atoms with E-state index in [-0.39, 0.29) is 17.6 Å². The number of aldehydes is 1. The minimum absolute atomic E-state index is 0.0472. The standard InChI is InChI=1S/C15H12O2/c16-9-13-8-14(13)15(17)12-6-5-10-3-1-2-4-11(10)7-12/h1-7,9,13-14H,8H2/t13-,14+/m0/s1. The maximum atomic E-state index is 12.1. The van der Waals surface area contributed by atoms with Crippen LogP contribution in [0.1, 0.15) is 16.8 Å². The third-order valence-corrected chi connectivity index (χ3v) is 3.39. The number of ketones is 1. The topological polar surface area (TPSA) is 34.1 Å². The predicted molar refractivity (Wildman–Crippen MR) is 65.9 cm³/mol. The Balaban J connectivity index is 1.96. The van der Waals surface area contributed by atoms with Gasteiger partial charge in [0, 0.05) is 17.4 Å². The summed E-state index contributed by atoms with van der Waals surface area (Å²) >= 11 is 0. The van der Waals surface area contributed by atoms with Gasteiger partial charge in [0.05, 0.1) is 0 Å². The van der Waals surface area contributed by atoms with Gasteiger partial charge >= 0.3 is 0 Å². The Morgan fingerprint density at radius 3 is 2.59 bits per heavy atom. The zero-order valence-corrected chi connectivity index (χ0v) is 9.30. The third-order valence-electron chi connectivity index (χ3n) is 3.39. The zero-order chi connectivity index (χ0) is 11.8. The van der Waals surface area contributed by atoms with Crippen LogP contribution in [0.4, 0.5) is 0 Å². The van der Waals surface area contributed by atoms with E-state index >= 15 is 0 Å². The van der Waals surface area contributed by atoms with Crippen LogP contribution in [0.5, 0.6) is 0 Å². The molecule has 2 heteroatoms. The molecule has 0 N–H and O–H groups in total. The van der Waals surface area contributed by atoms with Crippen LogP contribution in [-0.2, 0) is 4.79 Å². The molecule has 1 aliphatic rings. The van der Waals surface area contributed by atoms with Gasteiger partial charge in [0.25, 0.3) is 0 Å². The van der Waals surface area contributed by atoms with E-state index in [2.05, 4.69) is 0 Å². The Bertz CT molecular complexity index is 601. The molecule has 0 spiro atoms. The number of benzene rings is 2. The number of rotatable bonds is 3. The predicted octanol–water partition coefficient (Wildman–Crippen LogP) is 2.86. The molecule has 0 aromatic heterocycles. The van der Waals surface area contributed by atoms with E-state index in [9.17, 15) is 9.59 Å². The van der Waals surface area contributed by atoms with Crippen molar-refractivity contribution in [1.82, 2.24) is 0 Å². The second-order valence-electron chi connectivity index (χ2n) is 4.57. The average molecular weight is 224 g/mol. The van der Waals surface area contributed by atoms with Crippen molar-refractivity contribution in [2.45, 2.75) is 6.42 Å². The van der Waals surface area contributed by atoms with Gasteiger partial charge in [0.15, 0.2) is 5.78 Å². The van der Waals surface area contributed by atoms with Gasteiger partial charge in [-0.3, -0.25) is 4.79 Å². The van der Waals surface area contributed by atoms with Crippen molar-refractivity contribution in [2.75, 3.05) is 0 Å². The Morgan fingerprint density at radius 2 is 1.88 bits per heavy atom. The van der Waals surface area contributed by atoms with E-state index in [1.165, 1.54) is 0 Å². The van der Waals surface area contributed by atoms with E-state index in [4.69, 9.17) is 0 Å². The molecular formula is C15H12O2. The minimum Gasteiger partial charge on any atom is -0.303 e. The first kappa shape index (κ1) is 10.2. The lowest BCUT2D eigenvalue weighted by atomic mass is 10.0. The summed E-state index contributed by atoms with van der Waals surface area (Å²) in [5.74, 6) is -0.0181. The summed E-state index contributed by atoms with van der Waals surface area (Å²) < 4.78 is 0. The van der Waals surface area contributed by atoms with Crippen molar-refractivity contribution in [3.8, 4) is 0 Å². The Kier molecular flexibility index (Phi) is 2.29. The highest BCUT2D eigenvalue weighted by Crippen LogP contribution is 2.39. The van der Waals surface area contributed by atoms with Crippen LogP contribution in [0.15, 0.2) is 42.5 Å². The van der Waals surface area contributed by atoms with Crippen LogP contribution in [0.2, 0.25) is 0 Å². The van der Waals surface area contributed by atoms with Crippen molar-refractivity contribution in [3.63, 3.8) is 0 Å². The van der Waals surface area contributed by atoms with E-state index in [1.54, 1.807) is 0 Å². The largest absolute Gasteiger partial charge is 0.303 e. The molecule has 0 saturated heterocycles. The fourth-order valence-corrected chi connectivity index (χ4v) is 2.22. The van der Waals surface area contributed by atoms with E-state index < -0.39 is 0 Å². The molecule has 0 aliphatic heterocycles. The number of fused-ring (bicyclic) bond motifs is 1. The summed E-state index contributed by atoms with van der Waals surface area (Å²) in [6, 6.07) is 13.7. The zero-order valence-electron chi connectivity index (χ0n) is 9.30. The van der Waals surface area contributed by atoms with Gasteiger partial charge in [-0.1, -0.05) is 36.4 Å². The fourth-order valence-electron chi connectivity index (χ4n) is 2.22. The summed E-state index contributed by atoms with van der Waals surface area (Å²) in [7, 11) is 0. The number of carbonyl (C=O) groups is 2. The van der Waals surface area contributed by atoms with Crippen LogP contribution in [0, 0.1) is 11.8 Å². The van der Waals surface area contributed by atoms with Crippen LogP contribution in [0.3, 0.4) is 0 Å². The third kappa shape index (κ3) is 1.76. The summed E-state index contributed by atoms with van der Waals surface area (Å²) in [6.07, 6.45) is 1.61. The molecule has 0 amide bonds. The van der Waals surface area contributed by atoms with Crippen LogP contribution >= 0.6 is 0 Å². The first-order chi connectivity index (χ1) is 8.29. The highest BCUT2D eigenvalue weighted by atomic mass is 16.1. The molecule has 0 heterocycles. The molecule has 2 atom stereocenters. The van der Waals surface area contributed by atoms with Crippen molar-refractivity contribution in [3.05, 3.63) is 48.0 Å². The van der Waals surface area contributed by atoms with Crippen molar-refractivity contribution in [1.29, 1.82) is 0 Å². The second-order valence-corrected chi connectivity index (χ2v) is 4.57. The summed E-state index contributed by atoms with van der Waals surface area (Å²) in [4.78, 5) is 22.6. The van der Waals surface area contributed by atoms with Crippen LogP contribution in [-0.4, -0.2) is 12.1 Å². The molecule has 84 valence electrons. The molecule has 1 fully saturated rings. The molecule has 3 rings (SSSR count). The maximum absolute atomic E-state index is 12.1. The first-order valence-corrected chi connectivity index (χ1v) is 5.78. The molecule has 1 saturated carbocycles. The SMILES string of the molecule is O=C[C@@H]1C[C@H]1C(=O)c1ccc2ccccc2c1. The van der Waals surface area contributed by atoms with Crippen molar-refractivity contribution in [2.24, 2.45) is 11.8 Å². The number of hydrogen-bond acceptors (Lipinski definition) is 2. The minimum atomic E-state index is -0.0753. The lowest BCUT2D eigenvalue weighted by Gasteiger charge is -2.02. The molecule has 2 nitrogen and oxygen atoms in total. The monoisotopic (exact) mass is 224 g/mol. The molecule has 17 heavy (non-hydrogen) atoms. The number of hydrogen-bond donors (Lipinski definition) is 0. The molecule has 0 unspecified atom stereocenters. The van der Waals surface area contributed by atoms with E-state index in [0.29, 0.717) is 0 Å². The van der Waals surface area contributed by atoms with Gasteiger partial charge in [0.2, 0.25) is 0 Å². The normalized spacial score (nSPS) is 22.4. The molecule has 1 aliphatic carbocycles. The summed E-state index contributed by atoms with van der Waals surface area (Å²) in [5, 5.41) is 2.20. The lowest BCUT2D eigenvalue weighted by Crippen LogP contribution is -2.03. The van der Waals surface area contributed by atoms with Crippen LogP contribution < -0.4 is 0 Å². The van der Waals surface area contributed by atoms with Gasteiger partial charge < -0.3 is 4.79 Å². The van der Waals surface area contributed by atoms with Crippen LogP contribution in [0.25, 0.3) is 10.8 Å². The Labute approximate surface area is 99.3 Å². The maximum Gasteiger partial charge on any atom is 0.166 e. The molecule has 2 aromatic rings. The van der Waals surface area contributed by atoms with E-state index in [1.807, 2.05) is 42.5 Å². The fraction of sp³-hybridized carbons (Fsp3) is 0.200. The average Bonchev–Trinajstić information content (AvgIpc) is 3.17. The van der Waals surface area contributed by atoms with Gasteiger partial charge in [-0.2, -0.15) is 0 Å². The molecular weight excluding hydrogens is 212 g/mol. The molecule has 2 aromatic carbocycles. The summed E-state index contributed by atoms with van der Waals surface area (Å²) in [5.41, 5.74) is 0.720. The Hall–Kier alpha value is -1.96. The number of Topliss-reactive ketones (excluding diaryl/α,β-unsaturated/α-hetero) is 1. The molecule has 0 radical (unpaired) electrons. The highest BCUT2D eigenvalue weighted by Gasteiger charge is 2.42. The van der Waals surface area contributed by atoms with Gasteiger partial charge in [-0.15, -0.1) is 0 Å². The van der Waals surface area contributed by atoms with Gasteiger partial charge in [-0.25, -0.2) is 0 Å². The second kappa shape index (κ2) is 3.81. The lowest BCUT2D eigenvalue weighted by molar-refractivity contribution is -0.109. The quantitative estimate of drug-likeness (QED) is 0.593. The smallest absolute Gasteiger partial charge is 0.166 e. The van der Waals surface area contributed by atoms with Crippen molar-refractivity contribution >= 4 is 22.8 Å². The van der Waals surface area contributed by atoms with E-state index in [0.717, 1.165) is 29.0 Å². The van der Waals surface area contributed by atoms with Crippen molar-refractivity contribution < 1.29 is 9.59 Å². The summed E-state index contributed by atoms with van der Waals surface area (Å²) in [6.45, 7) is 0. The highest BCUT2D eigenvalue weighted by molar-refractivity contribution is 6.04.